The van der Waals surface area contributed by atoms with E-state index in [0.29, 0.717) is 12.1 Å². The number of aromatic hydroxyl groups is 1. The van der Waals surface area contributed by atoms with Gasteiger partial charge in [-0.3, -0.25) is 0 Å². The highest BCUT2D eigenvalue weighted by Gasteiger charge is 2.14. The van der Waals surface area contributed by atoms with Crippen molar-refractivity contribution in [3.05, 3.63) is 59.2 Å². The smallest absolute Gasteiger partial charge is 0.150 e. The number of hydrogen-bond acceptors (Lipinski definition) is 5. The van der Waals surface area contributed by atoms with Crippen molar-refractivity contribution < 1.29 is 10.2 Å². The van der Waals surface area contributed by atoms with Crippen molar-refractivity contribution in [2.45, 2.75) is 19.2 Å². The van der Waals surface area contributed by atoms with Crippen LogP contribution in [-0.4, -0.2) is 38.8 Å². The average Bonchev–Trinajstić information content (AvgIpc) is 3.15. The molecule has 0 bridgehead atoms. The third kappa shape index (κ3) is 3.84. The summed E-state index contributed by atoms with van der Waals surface area (Å²) >= 11 is 1.66. The van der Waals surface area contributed by atoms with Crippen molar-refractivity contribution in [3.63, 3.8) is 0 Å². The number of phenolic OH excluding ortho intramolecular Hbond substituents is 1. The van der Waals surface area contributed by atoms with Gasteiger partial charge in [0.15, 0.2) is 0 Å². The van der Waals surface area contributed by atoms with Crippen LogP contribution in [0.3, 0.4) is 0 Å². The molecule has 2 aromatic heterocycles. The summed E-state index contributed by atoms with van der Waals surface area (Å²) in [6.07, 6.45) is 2.91. The lowest BCUT2D eigenvalue weighted by Crippen LogP contribution is -2.10. The van der Waals surface area contributed by atoms with Gasteiger partial charge in [0, 0.05) is 18.9 Å². The SMILES string of the molecule is CN(C)Cc1csc(-c2nccn2CC(O)c2cccc(O)c2)c1. The van der Waals surface area contributed by atoms with Crippen LogP contribution in [-0.2, 0) is 13.1 Å². The van der Waals surface area contributed by atoms with E-state index in [0.717, 1.165) is 17.2 Å². The first-order valence-corrected chi connectivity index (χ1v) is 8.61. The van der Waals surface area contributed by atoms with Crippen molar-refractivity contribution in [1.29, 1.82) is 0 Å². The normalized spacial score (nSPS) is 12.7. The maximum atomic E-state index is 10.4. The van der Waals surface area contributed by atoms with Crippen molar-refractivity contribution in [3.8, 4) is 16.5 Å². The lowest BCUT2D eigenvalue weighted by molar-refractivity contribution is 0.157. The molecule has 3 rings (SSSR count). The molecule has 0 aliphatic carbocycles. The highest BCUT2D eigenvalue weighted by molar-refractivity contribution is 7.13. The Morgan fingerprint density at radius 1 is 1.29 bits per heavy atom. The standard InChI is InChI=1S/C18H21N3O2S/c1-20(2)10-13-8-17(24-12-13)18-19-6-7-21(18)11-16(23)14-4-3-5-15(22)9-14/h3-9,12,16,22-23H,10-11H2,1-2H3. The van der Waals surface area contributed by atoms with Crippen molar-refractivity contribution in [2.75, 3.05) is 14.1 Å². The first-order chi connectivity index (χ1) is 11.5. The molecule has 1 unspecified atom stereocenters. The molecule has 24 heavy (non-hydrogen) atoms. The summed E-state index contributed by atoms with van der Waals surface area (Å²) in [4.78, 5) is 7.65. The minimum Gasteiger partial charge on any atom is -0.508 e. The molecule has 0 spiro atoms. The first-order valence-electron chi connectivity index (χ1n) is 7.73. The molecule has 3 aromatic rings. The maximum Gasteiger partial charge on any atom is 0.150 e. The minimum atomic E-state index is -0.703. The molecule has 0 aliphatic heterocycles. The van der Waals surface area contributed by atoms with Gasteiger partial charge in [-0.05, 0) is 48.8 Å². The molecular formula is C18H21N3O2S. The Bertz CT molecular complexity index is 810. The first kappa shape index (κ1) is 16.7. The number of nitrogens with zero attached hydrogens (tertiary/aromatic N) is 3. The predicted octanol–water partition coefficient (Wildman–Crippen LogP) is 3.11. The second-order valence-corrected chi connectivity index (χ2v) is 6.98. The summed E-state index contributed by atoms with van der Waals surface area (Å²) in [6, 6.07) is 8.86. The van der Waals surface area contributed by atoms with E-state index in [1.807, 2.05) is 24.9 Å². The minimum absolute atomic E-state index is 0.156. The Morgan fingerprint density at radius 3 is 2.88 bits per heavy atom. The van der Waals surface area contributed by atoms with E-state index in [1.54, 1.807) is 41.8 Å². The number of hydrogen-bond donors (Lipinski definition) is 2. The molecule has 0 radical (unpaired) electrons. The largest absolute Gasteiger partial charge is 0.508 e. The van der Waals surface area contributed by atoms with Gasteiger partial charge in [-0.25, -0.2) is 4.98 Å². The molecule has 6 heteroatoms. The lowest BCUT2D eigenvalue weighted by Gasteiger charge is -2.14. The molecule has 0 aliphatic rings. The Balaban J connectivity index is 1.79. The van der Waals surface area contributed by atoms with E-state index in [9.17, 15) is 10.2 Å². The molecule has 0 saturated heterocycles. The zero-order valence-corrected chi connectivity index (χ0v) is 14.6. The number of imidazole rings is 1. The molecule has 2 heterocycles. The van der Waals surface area contributed by atoms with Crippen LogP contribution in [0, 0.1) is 0 Å². The highest BCUT2D eigenvalue weighted by Crippen LogP contribution is 2.28. The second-order valence-electron chi connectivity index (χ2n) is 6.07. The molecule has 0 amide bonds. The molecule has 2 N–H and O–H groups in total. The number of phenols is 1. The van der Waals surface area contributed by atoms with Crippen LogP contribution in [0.4, 0.5) is 0 Å². The van der Waals surface area contributed by atoms with Gasteiger partial charge >= 0.3 is 0 Å². The van der Waals surface area contributed by atoms with Crippen LogP contribution in [0.2, 0.25) is 0 Å². The fraction of sp³-hybridized carbons (Fsp3) is 0.278. The topological polar surface area (TPSA) is 61.5 Å². The highest BCUT2D eigenvalue weighted by atomic mass is 32.1. The fourth-order valence-electron chi connectivity index (χ4n) is 2.65. The summed E-state index contributed by atoms with van der Waals surface area (Å²) < 4.78 is 1.94. The molecule has 126 valence electrons. The zero-order valence-electron chi connectivity index (χ0n) is 13.8. The van der Waals surface area contributed by atoms with Crippen molar-refractivity contribution in [2.24, 2.45) is 0 Å². The van der Waals surface area contributed by atoms with Gasteiger partial charge in [0.05, 0.1) is 17.5 Å². The van der Waals surface area contributed by atoms with Crippen molar-refractivity contribution in [1.82, 2.24) is 14.5 Å². The Kier molecular flexibility index (Phi) is 4.99. The fourth-order valence-corrected chi connectivity index (χ4v) is 3.56. The van der Waals surface area contributed by atoms with Gasteiger partial charge < -0.3 is 19.7 Å². The van der Waals surface area contributed by atoms with Crippen LogP contribution in [0.15, 0.2) is 48.1 Å². The molecule has 0 saturated carbocycles. The summed E-state index contributed by atoms with van der Waals surface area (Å²) in [6.45, 7) is 1.28. The van der Waals surface area contributed by atoms with Gasteiger partial charge in [-0.1, -0.05) is 12.1 Å². The number of thiophene rings is 1. The second kappa shape index (κ2) is 7.17. The summed E-state index contributed by atoms with van der Waals surface area (Å²) in [5, 5.41) is 22.2. The number of aliphatic hydroxyl groups excluding tert-OH is 1. The summed E-state index contributed by atoms with van der Waals surface area (Å²) in [5.41, 5.74) is 1.94. The number of aliphatic hydroxyl groups is 1. The van der Waals surface area contributed by atoms with Crippen LogP contribution >= 0.6 is 11.3 Å². The van der Waals surface area contributed by atoms with E-state index < -0.39 is 6.10 Å². The number of rotatable bonds is 6. The van der Waals surface area contributed by atoms with E-state index in [4.69, 9.17) is 0 Å². The number of aromatic nitrogens is 2. The molecule has 1 aromatic carbocycles. The molecule has 1 atom stereocenters. The van der Waals surface area contributed by atoms with E-state index in [2.05, 4.69) is 21.3 Å². The quantitative estimate of drug-likeness (QED) is 0.722. The third-order valence-corrected chi connectivity index (χ3v) is 4.69. The third-order valence-electron chi connectivity index (χ3n) is 3.71. The zero-order chi connectivity index (χ0) is 17.1. The van der Waals surface area contributed by atoms with Gasteiger partial charge in [0.25, 0.3) is 0 Å². The van der Waals surface area contributed by atoms with E-state index in [-0.39, 0.29) is 5.75 Å². The summed E-state index contributed by atoms with van der Waals surface area (Å²) in [7, 11) is 4.09. The Hall–Kier alpha value is -2.15. The van der Waals surface area contributed by atoms with Crippen LogP contribution in [0.1, 0.15) is 17.2 Å². The monoisotopic (exact) mass is 343 g/mol. The van der Waals surface area contributed by atoms with E-state index in [1.165, 1.54) is 5.56 Å². The number of benzene rings is 1. The van der Waals surface area contributed by atoms with Crippen LogP contribution < -0.4 is 0 Å². The lowest BCUT2D eigenvalue weighted by atomic mass is 10.1. The van der Waals surface area contributed by atoms with Crippen LogP contribution in [0.5, 0.6) is 5.75 Å². The van der Waals surface area contributed by atoms with Gasteiger partial charge in [-0.15, -0.1) is 11.3 Å². The Labute approximate surface area is 145 Å². The molecular weight excluding hydrogens is 322 g/mol. The maximum absolute atomic E-state index is 10.4. The molecule has 5 nitrogen and oxygen atoms in total. The van der Waals surface area contributed by atoms with Gasteiger partial charge in [-0.2, -0.15) is 0 Å². The van der Waals surface area contributed by atoms with E-state index >= 15 is 0 Å². The Morgan fingerprint density at radius 2 is 2.12 bits per heavy atom. The van der Waals surface area contributed by atoms with Gasteiger partial charge in [0.1, 0.15) is 11.6 Å². The van der Waals surface area contributed by atoms with Crippen LogP contribution in [0.25, 0.3) is 10.7 Å². The van der Waals surface area contributed by atoms with Crippen molar-refractivity contribution >= 4 is 11.3 Å². The van der Waals surface area contributed by atoms with Gasteiger partial charge in [0.2, 0.25) is 0 Å². The summed E-state index contributed by atoms with van der Waals surface area (Å²) in [5.74, 6) is 1.01. The molecule has 0 fully saturated rings. The predicted molar refractivity (Wildman–Crippen MR) is 96.0 cm³/mol. The average molecular weight is 343 g/mol.